The Morgan fingerprint density at radius 2 is 1.41 bits per heavy atom. The molecule has 0 saturated carbocycles. The highest BCUT2D eigenvalue weighted by molar-refractivity contribution is 6.67. The Balaban J connectivity index is 2.66. The average molecular weight is 633 g/mol. The van der Waals surface area contributed by atoms with Gasteiger partial charge in [0.1, 0.15) is 24.4 Å². The lowest BCUT2D eigenvalue weighted by Gasteiger charge is -2.36. The van der Waals surface area contributed by atoms with E-state index in [-0.39, 0.29) is 31.6 Å². The van der Waals surface area contributed by atoms with Crippen molar-refractivity contribution in [3.8, 4) is 0 Å². The first-order valence-electron chi connectivity index (χ1n) is 15.2. The molecule has 0 unspecified atom stereocenters. The standard InChI is InChI=1S/C25H43B6N8O7/c1-29(43)37-24(35-27-19-41)33-13-7-5-4-6-8-14-38(30(2)44)25(36-28-20-42)39(31(3)45)15-16-46-17-21-9-11-22(12-10-21)23(32)34-26-18-40/h9-12,18-20,43-45H,4-8,13-17H2,1-3H3,(H2,32,34)(H2,33,35,37). The van der Waals surface area contributed by atoms with Gasteiger partial charge in [0.05, 0.1) is 13.2 Å². The number of rotatable bonds is 23. The predicted octanol–water partition coefficient (Wildman–Crippen LogP) is -1.89. The van der Waals surface area contributed by atoms with Crippen molar-refractivity contribution in [1.82, 2.24) is 20.2 Å². The summed E-state index contributed by atoms with van der Waals surface area (Å²) in [6.07, 6.45) is 5.91. The fourth-order valence-corrected chi connectivity index (χ4v) is 4.21. The predicted molar refractivity (Wildman–Crippen MR) is 188 cm³/mol. The highest BCUT2D eigenvalue weighted by Gasteiger charge is 2.28. The number of nitrogens with one attached hydrogen (secondary N) is 2. The number of benzene rings is 1. The van der Waals surface area contributed by atoms with E-state index in [1.54, 1.807) is 42.2 Å². The maximum atomic E-state index is 11.1. The third-order valence-corrected chi connectivity index (χ3v) is 6.41. The topological polar surface area (TPSA) is 215 Å². The maximum Gasteiger partial charge on any atom is 0.411 e. The number of hydrogen-bond donors (Lipinski definition) is 6. The molecule has 0 amide bonds. The summed E-state index contributed by atoms with van der Waals surface area (Å²) < 4.78 is 5.83. The molecular formula is C25H43B6N8O7. The smallest absolute Gasteiger partial charge is 0.411 e. The second kappa shape index (κ2) is 24.7. The van der Waals surface area contributed by atoms with E-state index in [0.29, 0.717) is 43.2 Å². The molecule has 0 bridgehead atoms. The molecule has 3 radical (unpaired) electrons. The van der Waals surface area contributed by atoms with Crippen molar-refractivity contribution < 1.29 is 34.2 Å². The Kier molecular flexibility index (Phi) is 21.7. The lowest BCUT2D eigenvalue weighted by Crippen LogP contribution is -2.56. The second-order valence-corrected chi connectivity index (χ2v) is 10.2. The van der Waals surface area contributed by atoms with Crippen LogP contribution in [0.4, 0.5) is 0 Å². The first-order chi connectivity index (χ1) is 22.1. The Morgan fingerprint density at radius 3 is 2.02 bits per heavy atom. The van der Waals surface area contributed by atoms with Gasteiger partial charge in [-0.2, -0.15) is 0 Å². The first-order valence-corrected chi connectivity index (χ1v) is 15.2. The van der Waals surface area contributed by atoms with E-state index >= 15 is 0 Å². The number of carbonyl (C=O) groups excluding carboxylic acids is 3. The summed E-state index contributed by atoms with van der Waals surface area (Å²) in [6, 6.07) is 7.21. The zero-order valence-corrected chi connectivity index (χ0v) is 26.9. The van der Waals surface area contributed by atoms with Gasteiger partial charge in [0.2, 0.25) is 0 Å². The van der Waals surface area contributed by atoms with Gasteiger partial charge in [-0.3, -0.25) is 0 Å². The minimum atomic E-state index is -0.984. The molecule has 1 aromatic carbocycles. The van der Waals surface area contributed by atoms with Gasteiger partial charge in [0, 0.05) is 25.2 Å². The van der Waals surface area contributed by atoms with Crippen molar-refractivity contribution in [1.29, 1.82) is 0 Å². The third-order valence-electron chi connectivity index (χ3n) is 6.41. The molecule has 46 heavy (non-hydrogen) atoms. The lowest BCUT2D eigenvalue weighted by molar-refractivity contribution is 0.114. The molecule has 0 atom stereocenters. The number of unbranched alkanes of at least 4 members (excludes halogenated alkanes) is 4. The number of nitrogens with two attached hydrogens (primary N) is 1. The molecule has 1 rings (SSSR count). The molecule has 15 nitrogen and oxygen atoms in total. The summed E-state index contributed by atoms with van der Waals surface area (Å²) in [5, 5.41) is 36.4. The van der Waals surface area contributed by atoms with Gasteiger partial charge in [-0.15, -0.1) is 0 Å². The van der Waals surface area contributed by atoms with Crippen LogP contribution in [0.5, 0.6) is 0 Å². The van der Waals surface area contributed by atoms with Crippen LogP contribution < -0.4 is 16.3 Å². The molecular weight excluding hydrogens is 589 g/mol. The molecule has 1 aromatic rings. The zero-order chi connectivity index (χ0) is 34.2. The number of carbonyl (C=O) groups is 3. The van der Waals surface area contributed by atoms with Crippen LogP contribution in [0.3, 0.4) is 0 Å². The van der Waals surface area contributed by atoms with Gasteiger partial charge in [-0.1, -0.05) is 43.5 Å². The second-order valence-electron chi connectivity index (χ2n) is 10.2. The minimum absolute atomic E-state index is 0.221. The van der Waals surface area contributed by atoms with E-state index in [9.17, 15) is 29.5 Å². The molecule has 0 fully saturated rings. The number of hydrogen-bond acceptors (Lipinski definition) is 10. The van der Waals surface area contributed by atoms with Crippen LogP contribution in [0, 0.1) is 0 Å². The van der Waals surface area contributed by atoms with Gasteiger partial charge >= 0.3 is 43.4 Å². The Hall–Kier alpha value is -3.53. The number of amidine groups is 1. The van der Waals surface area contributed by atoms with Crippen LogP contribution in [-0.2, 0) is 25.7 Å². The summed E-state index contributed by atoms with van der Waals surface area (Å²) in [6.45, 7) is 6.50. The molecule has 7 N–H and O–H groups in total. The molecule has 0 aromatic heterocycles. The maximum absolute atomic E-state index is 11.1. The lowest BCUT2D eigenvalue weighted by atomic mass is 9.81. The molecule has 0 spiro atoms. The highest BCUT2D eigenvalue weighted by Crippen LogP contribution is 2.10. The molecule has 21 heteroatoms. The molecule has 0 aliphatic carbocycles. The van der Waals surface area contributed by atoms with E-state index in [4.69, 9.17) is 10.5 Å². The van der Waals surface area contributed by atoms with Crippen molar-refractivity contribution in [3.05, 3.63) is 35.4 Å². The fraction of sp³-hybridized carbons (Fsp3) is 0.520. The van der Waals surface area contributed by atoms with Gasteiger partial charge in [0.15, 0.2) is 11.9 Å². The van der Waals surface area contributed by atoms with E-state index in [1.165, 1.54) is 0 Å². The Morgan fingerprint density at radius 1 is 0.848 bits per heavy atom. The number of ether oxygens (including phenoxy) is 1. The van der Waals surface area contributed by atoms with Crippen molar-refractivity contribution >= 4 is 79.7 Å². The van der Waals surface area contributed by atoms with E-state index < -0.39 is 21.2 Å². The fourth-order valence-electron chi connectivity index (χ4n) is 4.21. The van der Waals surface area contributed by atoms with Crippen molar-refractivity contribution in [2.24, 2.45) is 20.4 Å². The van der Waals surface area contributed by atoms with Crippen LogP contribution in [-0.4, -0.2) is 131 Å². The van der Waals surface area contributed by atoms with Crippen molar-refractivity contribution in [2.75, 3.05) is 26.2 Å². The van der Waals surface area contributed by atoms with E-state index in [2.05, 4.69) is 25.3 Å². The Bertz CT molecular complexity index is 1120. The molecule has 0 heterocycles. The van der Waals surface area contributed by atoms with Gasteiger partial charge in [0.25, 0.3) is 0 Å². The molecule has 0 saturated heterocycles. The summed E-state index contributed by atoms with van der Waals surface area (Å²) in [5.74, 6) is 0.791. The molecule has 0 aliphatic rings. The molecule has 0 aliphatic heterocycles. The van der Waals surface area contributed by atoms with Gasteiger partial charge in [-0.25, -0.2) is 0 Å². The van der Waals surface area contributed by atoms with Crippen molar-refractivity contribution in [2.45, 2.75) is 59.2 Å². The zero-order valence-electron chi connectivity index (χ0n) is 26.9. The van der Waals surface area contributed by atoms with Gasteiger partial charge < -0.3 is 74.8 Å². The van der Waals surface area contributed by atoms with E-state index in [1.807, 2.05) is 12.1 Å². The summed E-state index contributed by atoms with van der Waals surface area (Å²) in [7, 11) is 0.511. The molecule has 243 valence electrons. The quantitative estimate of drug-likeness (QED) is 0.0257. The Labute approximate surface area is 275 Å². The summed E-state index contributed by atoms with van der Waals surface area (Å²) in [5.41, 5.74) is 7.39. The monoisotopic (exact) mass is 633 g/mol. The minimum Gasteiger partial charge on any atom is -0.433 e. The van der Waals surface area contributed by atoms with Crippen LogP contribution in [0.2, 0.25) is 20.5 Å². The normalized spacial score (nSPS) is 11.7. The largest absolute Gasteiger partial charge is 0.433 e. The highest BCUT2D eigenvalue weighted by atomic mass is 16.5. The average Bonchev–Trinajstić information content (AvgIpc) is 3.02. The summed E-state index contributed by atoms with van der Waals surface area (Å²) >= 11 is 0. The van der Waals surface area contributed by atoms with Gasteiger partial charge in [-0.05, 0) is 38.9 Å². The third kappa shape index (κ3) is 17.2. The number of guanidine groups is 2. The summed E-state index contributed by atoms with van der Waals surface area (Å²) in [4.78, 5) is 47.3. The SMILES string of the molecule is CB(O)NC(=N[B]C=O)NCCCCCCCN(B(C)O)C(=N[B]C=O)N(CCOCc1ccc(C(N)=N[B]C=O)cc1)B(C)O. The van der Waals surface area contributed by atoms with Crippen LogP contribution in [0.15, 0.2) is 39.0 Å². The van der Waals surface area contributed by atoms with Crippen LogP contribution in [0.25, 0.3) is 0 Å². The van der Waals surface area contributed by atoms with Crippen LogP contribution >= 0.6 is 0 Å². The first kappa shape index (κ1) is 40.5. The van der Waals surface area contributed by atoms with E-state index in [0.717, 1.165) is 59.9 Å². The number of nitrogens with zero attached hydrogens (tertiary/aromatic N) is 5. The van der Waals surface area contributed by atoms with Crippen LogP contribution in [0.1, 0.15) is 43.2 Å². The van der Waals surface area contributed by atoms with Crippen molar-refractivity contribution in [3.63, 3.8) is 0 Å².